The highest BCUT2D eigenvalue weighted by Gasteiger charge is 2.22. The highest BCUT2D eigenvalue weighted by molar-refractivity contribution is 9.10. The van der Waals surface area contributed by atoms with Crippen molar-refractivity contribution in [1.29, 1.82) is 5.41 Å². The molecule has 0 amide bonds. The molecule has 0 saturated heterocycles. The average Bonchev–Trinajstić information content (AvgIpc) is 2.39. The molecule has 3 nitrogen and oxygen atoms in total. The zero-order valence-corrected chi connectivity index (χ0v) is 12.6. The van der Waals surface area contributed by atoms with E-state index in [0.29, 0.717) is 24.5 Å². The third-order valence-corrected chi connectivity index (χ3v) is 4.23. The molecule has 1 aliphatic rings. The lowest BCUT2D eigenvalue weighted by molar-refractivity contribution is 0.137. The van der Waals surface area contributed by atoms with Gasteiger partial charge >= 0.3 is 0 Å². The second-order valence-corrected chi connectivity index (χ2v) is 6.17. The molecule has 6 heteroatoms. The summed E-state index contributed by atoms with van der Waals surface area (Å²) >= 11 is 4.61. The summed E-state index contributed by atoms with van der Waals surface area (Å²) in [4.78, 5) is 0. The predicted molar refractivity (Wildman–Crippen MR) is 80.8 cm³/mol. The molecular formula is C13H14BrFN2OS. The summed E-state index contributed by atoms with van der Waals surface area (Å²) in [5.41, 5.74) is 6.87. The van der Waals surface area contributed by atoms with E-state index < -0.39 is 0 Å². The molecule has 1 atom stereocenters. The minimum atomic E-state index is -0.242. The first-order valence-corrected chi connectivity index (χ1v) is 7.56. The van der Waals surface area contributed by atoms with Crippen LogP contribution in [-0.4, -0.2) is 24.1 Å². The second-order valence-electron chi connectivity index (χ2n) is 4.19. The van der Waals surface area contributed by atoms with Gasteiger partial charge in [-0.2, -0.15) is 0 Å². The fourth-order valence-electron chi connectivity index (χ4n) is 1.99. The van der Waals surface area contributed by atoms with Gasteiger partial charge in [0.25, 0.3) is 0 Å². The van der Waals surface area contributed by atoms with E-state index in [4.69, 9.17) is 15.9 Å². The van der Waals surface area contributed by atoms with E-state index in [1.54, 1.807) is 12.1 Å². The van der Waals surface area contributed by atoms with Crippen molar-refractivity contribution in [3.63, 3.8) is 0 Å². The van der Waals surface area contributed by atoms with E-state index >= 15 is 0 Å². The molecule has 2 rings (SSSR count). The third-order valence-electron chi connectivity index (χ3n) is 2.86. The topological polar surface area (TPSA) is 59.1 Å². The lowest BCUT2D eigenvalue weighted by atomic mass is 9.92. The Labute approximate surface area is 124 Å². The Bertz CT molecular complexity index is 521. The summed E-state index contributed by atoms with van der Waals surface area (Å²) in [6.45, 7) is 1.01. The standard InChI is InChI=1S/C13H14BrFN2OS/c14-9-1-2-12(15)11(5-9)10-3-4-18-6-8(10)7-19-13(16)17/h1-3,5,8H,4,6-7H2,(H3,16,17). The first-order chi connectivity index (χ1) is 9.08. The number of amidine groups is 1. The average molecular weight is 345 g/mol. The highest BCUT2D eigenvalue weighted by atomic mass is 79.9. The van der Waals surface area contributed by atoms with Crippen LogP contribution in [0.1, 0.15) is 5.56 Å². The van der Waals surface area contributed by atoms with Crippen LogP contribution < -0.4 is 5.73 Å². The second kappa shape index (κ2) is 6.54. The van der Waals surface area contributed by atoms with Crippen molar-refractivity contribution in [3.8, 4) is 0 Å². The minimum absolute atomic E-state index is 0.0476. The van der Waals surface area contributed by atoms with Crippen LogP contribution in [0.25, 0.3) is 5.57 Å². The van der Waals surface area contributed by atoms with E-state index in [1.807, 2.05) is 6.08 Å². The van der Waals surface area contributed by atoms with E-state index in [9.17, 15) is 4.39 Å². The van der Waals surface area contributed by atoms with Gasteiger partial charge in [0.05, 0.1) is 13.2 Å². The van der Waals surface area contributed by atoms with Crippen molar-refractivity contribution in [3.05, 3.63) is 40.1 Å². The maximum Gasteiger partial charge on any atom is 0.151 e. The summed E-state index contributed by atoms with van der Waals surface area (Å²) in [6, 6.07) is 4.90. The number of hydrogen-bond acceptors (Lipinski definition) is 3. The molecule has 0 saturated carbocycles. The molecule has 0 aliphatic carbocycles. The molecular weight excluding hydrogens is 331 g/mol. The van der Waals surface area contributed by atoms with Crippen molar-refractivity contribution >= 4 is 38.4 Å². The SMILES string of the molecule is N=C(N)SCC1COCC=C1c1cc(Br)ccc1F. The molecule has 3 N–H and O–H groups in total. The van der Waals surface area contributed by atoms with Gasteiger partial charge in [-0.05, 0) is 23.8 Å². The van der Waals surface area contributed by atoms with Gasteiger partial charge in [-0.15, -0.1) is 0 Å². The molecule has 1 aromatic carbocycles. The van der Waals surface area contributed by atoms with Gasteiger partial charge in [-0.1, -0.05) is 33.8 Å². The fourth-order valence-corrected chi connectivity index (χ4v) is 3.01. The maximum absolute atomic E-state index is 14.0. The van der Waals surface area contributed by atoms with Gasteiger partial charge in [0.2, 0.25) is 0 Å². The van der Waals surface area contributed by atoms with Crippen molar-refractivity contribution in [2.45, 2.75) is 0 Å². The molecule has 0 aromatic heterocycles. The number of ether oxygens (including phenoxy) is 1. The lowest BCUT2D eigenvalue weighted by Crippen LogP contribution is -2.21. The molecule has 1 unspecified atom stereocenters. The molecule has 19 heavy (non-hydrogen) atoms. The first-order valence-electron chi connectivity index (χ1n) is 5.78. The van der Waals surface area contributed by atoms with Gasteiger partial charge in [-0.3, -0.25) is 5.41 Å². The normalized spacial score (nSPS) is 19.1. The molecule has 0 spiro atoms. The Balaban J connectivity index is 2.26. The number of halogens is 2. The zero-order valence-electron chi connectivity index (χ0n) is 10.2. The summed E-state index contributed by atoms with van der Waals surface area (Å²) in [5.74, 6) is 0.424. The Morgan fingerprint density at radius 2 is 2.37 bits per heavy atom. The molecule has 0 fully saturated rings. The molecule has 1 aliphatic heterocycles. The van der Waals surface area contributed by atoms with Crippen LogP contribution in [0, 0.1) is 17.1 Å². The van der Waals surface area contributed by atoms with Gasteiger partial charge in [-0.25, -0.2) is 4.39 Å². The molecule has 1 heterocycles. The van der Waals surface area contributed by atoms with Crippen LogP contribution in [0.4, 0.5) is 4.39 Å². The minimum Gasteiger partial charge on any atom is -0.379 e. The van der Waals surface area contributed by atoms with Crippen molar-refractivity contribution in [2.24, 2.45) is 11.7 Å². The number of rotatable bonds is 3. The quantitative estimate of drug-likeness (QED) is 0.653. The van der Waals surface area contributed by atoms with Crippen LogP contribution in [0.5, 0.6) is 0 Å². The zero-order chi connectivity index (χ0) is 13.8. The molecule has 1 aromatic rings. The fraction of sp³-hybridized carbons (Fsp3) is 0.308. The largest absolute Gasteiger partial charge is 0.379 e. The van der Waals surface area contributed by atoms with Gasteiger partial charge < -0.3 is 10.5 Å². The summed E-state index contributed by atoms with van der Waals surface area (Å²) < 4.78 is 20.2. The highest BCUT2D eigenvalue weighted by Crippen LogP contribution is 2.32. The van der Waals surface area contributed by atoms with Gasteiger partial charge in [0.15, 0.2) is 5.17 Å². The monoisotopic (exact) mass is 344 g/mol. The summed E-state index contributed by atoms with van der Waals surface area (Å²) in [6.07, 6.45) is 1.90. The van der Waals surface area contributed by atoms with E-state index in [1.165, 1.54) is 17.8 Å². The van der Waals surface area contributed by atoms with Gasteiger partial charge in [0, 0.05) is 21.7 Å². The first kappa shape index (κ1) is 14.6. The molecule has 0 bridgehead atoms. The van der Waals surface area contributed by atoms with E-state index in [-0.39, 0.29) is 16.9 Å². The molecule has 102 valence electrons. The van der Waals surface area contributed by atoms with E-state index in [2.05, 4.69) is 15.9 Å². The lowest BCUT2D eigenvalue weighted by Gasteiger charge is -2.24. The Kier molecular flexibility index (Phi) is 5.01. The van der Waals surface area contributed by atoms with Crippen molar-refractivity contribution in [1.82, 2.24) is 0 Å². The predicted octanol–water partition coefficient (Wildman–Crippen LogP) is 3.24. The molecule has 0 radical (unpaired) electrons. The summed E-state index contributed by atoms with van der Waals surface area (Å²) in [5, 5.41) is 7.33. The van der Waals surface area contributed by atoms with Crippen molar-refractivity contribution < 1.29 is 9.13 Å². The van der Waals surface area contributed by atoms with Crippen LogP contribution in [0.3, 0.4) is 0 Å². The maximum atomic E-state index is 14.0. The van der Waals surface area contributed by atoms with E-state index in [0.717, 1.165) is 10.0 Å². The Morgan fingerprint density at radius 1 is 1.58 bits per heavy atom. The van der Waals surface area contributed by atoms with Crippen LogP contribution in [0.15, 0.2) is 28.7 Å². The number of nitrogens with one attached hydrogen (secondary N) is 1. The van der Waals surface area contributed by atoms with Crippen LogP contribution in [-0.2, 0) is 4.74 Å². The number of thioether (sulfide) groups is 1. The number of nitrogens with two attached hydrogens (primary N) is 1. The van der Waals surface area contributed by atoms with Crippen molar-refractivity contribution in [2.75, 3.05) is 19.0 Å². The van der Waals surface area contributed by atoms with Crippen LogP contribution in [0.2, 0.25) is 0 Å². The number of hydrogen-bond donors (Lipinski definition) is 2. The van der Waals surface area contributed by atoms with Crippen LogP contribution >= 0.6 is 27.7 Å². The number of benzene rings is 1. The third kappa shape index (κ3) is 3.81. The Hall–Kier alpha value is -0.850. The smallest absolute Gasteiger partial charge is 0.151 e. The van der Waals surface area contributed by atoms with Gasteiger partial charge in [0.1, 0.15) is 5.82 Å². The summed E-state index contributed by atoms with van der Waals surface area (Å²) in [7, 11) is 0. The Morgan fingerprint density at radius 3 is 3.11 bits per heavy atom.